The molecular formula is C18H32N4O. The van der Waals surface area contributed by atoms with Gasteiger partial charge in [0, 0.05) is 32.7 Å². The van der Waals surface area contributed by atoms with Crippen molar-refractivity contribution in [2.45, 2.75) is 12.8 Å². The fraction of sp³-hybridized carbons (Fsp3) is 0.667. The van der Waals surface area contributed by atoms with Crippen LogP contribution in [0.1, 0.15) is 12.8 Å². The SMILES string of the molecule is c1ccc(OCCN2CCCNCCNCCCNCC2)cc1. The molecule has 23 heavy (non-hydrogen) atoms. The van der Waals surface area contributed by atoms with Crippen molar-refractivity contribution in [1.29, 1.82) is 0 Å². The highest BCUT2D eigenvalue weighted by Gasteiger charge is 2.05. The predicted molar refractivity (Wildman–Crippen MR) is 96.2 cm³/mol. The van der Waals surface area contributed by atoms with E-state index >= 15 is 0 Å². The van der Waals surface area contributed by atoms with Crippen LogP contribution in [0.3, 0.4) is 0 Å². The van der Waals surface area contributed by atoms with Crippen molar-refractivity contribution < 1.29 is 4.74 Å². The summed E-state index contributed by atoms with van der Waals surface area (Å²) in [6, 6.07) is 10.1. The Morgan fingerprint density at radius 3 is 2.26 bits per heavy atom. The van der Waals surface area contributed by atoms with E-state index in [0.29, 0.717) is 0 Å². The smallest absolute Gasteiger partial charge is 0.119 e. The van der Waals surface area contributed by atoms with Crippen LogP contribution in [0.25, 0.3) is 0 Å². The van der Waals surface area contributed by atoms with Crippen molar-refractivity contribution in [1.82, 2.24) is 20.9 Å². The zero-order valence-corrected chi connectivity index (χ0v) is 14.2. The molecule has 0 amide bonds. The Kier molecular flexibility index (Phi) is 9.74. The van der Waals surface area contributed by atoms with Crippen LogP contribution in [0.4, 0.5) is 0 Å². The zero-order chi connectivity index (χ0) is 16.0. The topological polar surface area (TPSA) is 48.6 Å². The molecule has 0 spiro atoms. The maximum Gasteiger partial charge on any atom is 0.119 e. The summed E-state index contributed by atoms with van der Waals surface area (Å²) in [5.41, 5.74) is 0. The van der Waals surface area contributed by atoms with E-state index in [-0.39, 0.29) is 0 Å². The molecule has 0 aromatic heterocycles. The zero-order valence-electron chi connectivity index (χ0n) is 14.2. The molecular weight excluding hydrogens is 288 g/mol. The molecule has 3 N–H and O–H groups in total. The van der Waals surface area contributed by atoms with E-state index < -0.39 is 0 Å². The number of hydrogen-bond acceptors (Lipinski definition) is 5. The molecule has 0 radical (unpaired) electrons. The average Bonchev–Trinajstić information content (AvgIpc) is 2.59. The molecule has 2 rings (SSSR count). The van der Waals surface area contributed by atoms with E-state index in [1.165, 1.54) is 12.8 Å². The minimum absolute atomic E-state index is 0.751. The first-order valence-electron chi connectivity index (χ1n) is 8.97. The Morgan fingerprint density at radius 2 is 1.48 bits per heavy atom. The minimum Gasteiger partial charge on any atom is -0.492 e. The van der Waals surface area contributed by atoms with Gasteiger partial charge in [-0.25, -0.2) is 0 Å². The molecule has 0 atom stereocenters. The van der Waals surface area contributed by atoms with Crippen molar-refractivity contribution in [3.8, 4) is 5.75 Å². The minimum atomic E-state index is 0.751. The second-order valence-electron chi connectivity index (χ2n) is 5.96. The molecule has 1 aliphatic heterocycles. The van der Waals surface area contributed by atoms with Gasteiger partial charge in [-0.1, -0.05) is 18.2 Å². The maximum absolute atomic E-state index is 5.83. The number of para-hydroxylation sites is 1. The van der Waals surface area contributed by atoms with Crippen LogP contribution in [-0.4, -0.2) is 70.4 Å². The van der Waals surface area contributed by atoms with Crippen molar-refractivity contribution in [2.75, 3.05) is 65.5 Å². The summed E-state index contributed by atoms with van der Waals surface area (Å²) in [4.78, 5) is 2.50. The molecule has 0 aliphatic carbocycles. The third kappa shape index (κ3) is 8.91. The lowest BCUT2D eigenvalue weighted by molar-refractivity contribution is 0.206. The van der Waals surface area contributed by atoms with Gasteiger partial charge in [0.15, 0.2) is 0 Å². The van der Waals surface area contributed by atoms with Crippen LogP contribution in [0.15, 0.2) is 30.3 Å². The number of benzene rings is 1. The predicted octanol–water partition coefficient (Wildman–Crippen LogP) is 0.930. The molecule has 1 fully saturated rings. The first kappa shape index (κ1) is 18.2. The van der Waals surface area contributed by atoms with E-state index in [1.807, 2.05) is 30.3 Å². The molecule has 130 valence electrons. The highest BCUT2D eigenvalue weighted by molar-refractivity contribution is 5.20. The third-order valence-electron chi connectivity index (χ3n) is 4.04. The lowest BCUT2D eigenvalue weighted by atomic mass is 10.3. The molecule has 1 aromatic carbocycles. The van der Waals surface area contributed by atoms with E-state index in [9.17, 15) is 0 Å². The Balaban J connectivity index is 1.67. The van der Waals surface area contributed by atoms with E-state index in [1.54, 1.807) is 0 Å². The highest BCUT2D eigenvalue weighted by Crippen LogP contribution is 2.07. The molecule has 1 aliphatic rings. The van der Waals surface area contributed by atoms with Gasteiger partial charge in [-0.05, 0) is 51.2 Å². The molecule has 0 bridgehead atoms. The molecule has 0 unspecified atom stereocenters. The number of hydrogen-bond donors (Lipinski definition) is 3. The van der Waals surface area contributed by atoms with Crippen LogP contribution >= 0.6 is 0 Å². The van der Waals surface area contributed by atoms with Crippen LogP contribution in [0.2, 0.25) is 0 Å². The van der Waals surface area contributed by atoms with Crippen molar-refractivity contribution in [2.24, 2.45) is 0 Å². The van der Waals surface area contributed by atoms with Gasteiger partial charge >= 0.3 is 0 Å². The number of nitrogens with one attached hydrogen (secondary N) is 3. The summed E-state index contributed by atoms with van der Waals surface area (Å²) in [7, 11) is 0. The van der Waals surface area contributed by atoms with Gasteiger partial charge in [-0.15, -0.1) is 0 Å². The number of nitrogens with zero attached hydrogens (tertiary/aromatic N) is 1. The Morgan fingerprint density at radius 1 is 0.783 bits per heavy atom. The van der Waals surface area contributed by atoms with Crippen LogP contribution in [0, 0.1) is 0 Å². The summed E-state index contributed by atoms with van der Waals surface area (Å²) in [6.45, 7) is 10.4. The third-order valence-corrected chi connectivity index (χ3v) is 4.04. The number of ether oxygens (including phenoxy) is 1. The van der Waals surface area contributed by atoms with Gasteiger partial charge in [-0.2, -0.15) is 0 Å². The standard InChI is InChI=1S/C18H32N4O/c1-2-6-18(7-3-1)23-17-16-22-14-5-10-20-12-11-19-8-4-9-21-13-15-22/h1-3,6-7,19-21H,4-5,8-17H2. The second-order valence-corrected chi connectivity index (χ2v) is 5.96. The van der Waals surface area contributed by atoms with E-state index in [2.05, 4.69) is 20.9 Å². The fourth-order valence-corrected chi connectivity index (χ4v) is 2.70. The van der Waals surface area contributed by atoms with Crippen LogP contribution in [-0.2, 0) is 0 Å². The van der Waals surface area contributed by atoms with Crippen molar-refractivity contribution in [3.05, 3.63) is 30.3 Å². The fourth-order valence-electron chi connectivity index (χ4n) is 2.70. The van der Waals surface area contributed by atoms with E-state index in [4.69, 9.17) is 4.74 Å². The summed E-state index contributed by atoms with van der Waals surface area (Å²) >= 11 is 0. The Labute approximate surface area is 140 Å². The summed E-state index contributed by atoms with van der Waals surface area (Å²) in [5, 5.41) is 10.5. The molecule has 0 saturated carbocycles. The lowest BCUT2D eigenvalue weighted by Gasteiger charge is -2.23. The molecule has 1 heterocycles. The summed E-state index contributed by atoms with van der Waals surface area (Å²) in [5.74, 6) is 0.960. The summed E-state index contributed by atoms with van der Waals surface area (Å²) in [6.07, 6.45) is 2.38. The van der Waals surface area contributed by atoms with Crippen LogP contribution < -0.4 is 20.7 Å². The first-order chi connectivity index (χ1) is 11.4. The largest absolute Gasteiger partial charge is 0.492 e. The van der Waals surface area contributed by atoms with Gasteiger partial charge < -0.3 is 20.7 Å². The van der Waals surface area contributed by atoms with Crippen molar-refractivity contribution >= 4 is 0 Å². The number of rotatable bonds is 4. The van der Waals surface area contributed by atoms with Gasteiger partial charge in [0.2, 0.25) is 0 Å². The monoisotopic (exact) mass is 320 g/mol. The first-order valence-corrected chi connectivity index (χ1v) is 8.97. The van der Waals surface area contributed by atoms with Crippen molar-refractivity contribution in [3.63, 3.8) is 0 Å². The summed E-state index contributed by atoms with van der Waals surface area (Å²) < 4.78 is 5.83. The quantitative estimate of drug-likeness (QED) is 0.770. The van der Waals surface area contributed by atoms with Gasteiger partial charge in [0.1, 0.15) is 12.4 Å². The Hall–Kier alpha value is -1.14. The van der Waals surface area contributed by atoms with Gasteiger partial charge in [0.05, 0.1) is 0 Å². The average molecular weight is 320 g/mol. The Bertz CT molecular complexity index is 374. The highest BCUT2D eigenvalue weighted by atomic mass is 16.5. The van der Waals surface area contributed by atoms with Crippen LogP contribution in [0.5, 0.6) is 5.75 Å². The van der Waals surface area contributed by atoms with Gasteiger partial charge in [-0.3, -0.25) is 4.90 Å². The second kappa shape index (κ2) is 12.3. The molecule has 1 aromatic rings. The molecule has 1 saturated heterocycles. The lowest BCUT2D eigenvalue weighted by Crippen LogP contribution is -2.38. The molecule has 5 heteroatoms. The molecule has 5 nitrogen and oxygen atoms in total. The maximum atomic E-state index is 5.83. The normalized spacial score (nSPS) is 19.8. The van der Waals surface area contributed by atoms with Gasteiger partial charge in [0.25, 0.3) is 0 Å². The van der Waals surface area contributed by atoms with E-state index in [0.717, 1.165) is 71.3 Å².